The molecule has 4 heteroatoms. The van der Waals surface area contributed by atoms with Crippen LogP contribution in [0.5, 0.6) is 0 Å². The van der Waals surface area contributed by atoms with E-state index in [1.807, 2.05) is 0 Å². The molecule has 0 unspecified atom stereocenters. The average molecular weight is 276 g/mol. The average Bonchev–Trinajstić information content (AvgIpc) is 2.47. The molecule has 2 rings (SSSR count). The molecule has 1 heterocycles. The predicted octanol–water partition coefficient (Wildman–Crippen LogP) is 1.82. The van der Waals surface area contributed by atoms with E-state index in [0.717, 1.165) is 19.4 Å². The first-order valence-corrected chi connectivity index (χ1v) is 7.70. The quantitative estimate of drug-likeness (QED) is 0.569. The third-order valence-corrected chi connectivity index (χ3v) is 3.87. The zero-order chi connectivity index (χ0) is 14.2. The van der Waals surface area contributed by atoms with Crippen LogP contribution in [0, 0.1) is 0 Å². The van der Waals surface area contributed by atoms with Crippen molar-refractivity contribution in [2.24, 2.45) is 0 Å². The van der Waals surface area contributed by atoms with Crippen LogP contribution in [0.4, 0.5) is 0 Å². The Labute approximate surface area is 120 Å². The lowest BCUT2D eigenvalue weighted by Crippen LogP contribution is -2.30. The second-order valence-corrected chi connectivity index (χ2v) is 5.55. The zero-order valence-corrected chi connectivity index (χ0v) is 12.1. The van der Waals surface area contributed by atoms with Gasteiger partial charge in [0.2, 0.25) is 5.78 Å². The summed E-state index contributed by atoms with van der Waals surface area (Å²) in [6, 6.07) is 0. The molecule has 2 aliphatic rings. The minimum Gasteiger partial charge on any atom is -0.382 e. The van der Waals surface area contributed by atoms with Crippen molar-refractivity contribution in [3.8, 4) is 0 Å². The van der Waals surface area contributed by atoms with Gasteiger partial charge >= 0.3 is 0 Å². The van der Waals surface area contributed by atoms with Gasteiger partial charge in [-0.15, -0.1) is 0 Å². The van der Waals surface area contributed by atoms with Gasteiger partial charge in [0.25, 0.3) is 0 Å². The van der Waals surface area contributed by atoms with Crippen LogP contribution in [0.3, 0.4) is 0 Å². The number of likely N-dealkylation sites (tertiary alicyclic amines) is 1. The molecule has 0 atom stereocenters. The first kappa shape index (κ1) is 15.0. The first-order valence-electron chi connectivity index (χ1n) is 7.70. The number of ketones is 2. The van der Waals surface area contributed by atoms with Crippen LogP contribution in [-0.4, -0.2) is 42.6 Å². The highest BCUT2D eigenvalue weighted by atomic mass is 16.1. The maximum atomic E-state index is 11.5. The summed E-state index contributed by atoms with van der Waals surface area (Å²) in [5.74, 6) is -0.213. The molecule has 0 aromatic carbocycles. The molecule has 20 heavy (non-hydrogen) atoms. The van der Waals surface area contributed by atoms with Crippen LogP contribution in [0.25, 0.3) is 0 Å². The van der Waals surface area contributed by atoms with Crippen molar-refractivity contribution in [3.05, 3.63) is 23.9 Å². The summed E-state index contributed by atoms with van der Waals surface area (Å²) in [5.41, 5.74) is 0.438. The minimum absolute atomic E-state index is 0.0992. The number of nitrogens with zero attached hydrogens (tertiary/aromatic N) is 1. The van der Waals surface area contributed by atoms with Gasteiger partial charge < -0.3 is 10.2 Å². The molecule has 0 saturated carbocycles. The minimum atomic E-state index is -0.114. The van der Waals surface area contributed by atoms with Crippen LogP contribution in [0.2, 0.25) is 0 Å². The summed E-state index contributed by atoms with van der Waals surface area (Å²) in [6.07, 6.45) is 11.5. The van der Waals surface area contributed by atoms with E-state index in [2.05, 4.69) is 10.2 Å². The summed E-state index contributed by atoms with van der Waals surface area (Å²) in [6.45, 7) is 4.48. The highest BCUT2D eigenvalue weighted by Gasteiger charge is 2.12. The Kier molecular flexibility index (Phi) is 5.99. The molecule has 0 aromatic heterocycles. The highest BCUT2D eigenvalue weighted by molar-refractivity contribution is 6.16. The molecule has 110 valence electrons. The van der Waals surface area contributed by atoms with E-state index in [1.165, 1.54) is 63.5 Å². The van der Waals surface area contributed by atoms with Crippen molar-refractivity contribution >= 4 is 11.6 Å². The fourth-order valence-electron chi connectivity index (χ4n) is 2.69. The molecule has 1 aliphatic heterocycles. The maximum Gasteiger partial charge on any atom is 0.201 e. The van der Waals surface area contributed by atoms with Gasteiger partial charge in [-0.1, -0.05) is 12.8 Å². The molecule has 1 saturated heterocycles. The molecule has 1 aliphatic carbocycles. The molecule has 0 spiro atoms. The van der Waals surface area contributed by atoms with Gasteiger partial charge in [0, 0.05) is 12.6 Å². The second-order valence-electron chi connectivity index (χ2n) is 5.55. The Balaban J connectivity index is 1.53. The zero-order valence-electron chi connectivity index (χ0n) is 12.1. The monoisotopic (exact) mass is 276 g/mol. The Bertz CT molecular complexity index is 407. The van der Waals surface area contributed by atoms with E-state index < -0.39 is 0 Å². The lowest BCUT2D eigenvalue weighted by molar-refractivity contribution is -0.114. The number of unbranched alkanes of at least 4 members (excludes halogenated alkanes) is 2. The normalized spacial score (nSPS) is 20.1. The van der Waals surface area contributed by atoms with Crippen molar-refractivity contribution in [2.75, 3.05) is 26.2 Å². The van der Waals surface area contributed by atoms with Gasteiger partial charge in [-0.3, -0.25) is 9.59 Å². The smallest absolute Gasteiger partial charge is 0.201 e. The Morgan fingerprint density at radius 2 is 1.80 bits per heavy atom. The van der Waals surface area contributed by atoms with Gasteiger partial charge in [0.15, 0.2) is 5.78 Å². The first-order chi connectivity index (χ1) is 9.75. The number of rotatable bonds is 7. The fourth-order valence-corrected chi connectivity index (χ4v) is 2.69. The third-order valence-electron chi connectivity index (χ3n) is 3.87. The molecule has 0 amide bonds. The molecule has 4 nitrogen and oxygen atoms in total. The second kappa shape index (κ2) is 8.00. The highest BCUT2D eigenvalue weighted by Crippen LogP contribution is 2.10. The summed E-state index contributed by atoms with van der Waals surface area (Å²) in [5, 5.41) is 3.07. The van der Waals surface area contributed by atoms with Crippen molar-refractivity contribution in [1.82, 2.24) is 10.2 Å². The summed E-state index contributed by atoms with van der Waals surface area (Å²) in [7, 11) is 0. The van der Waals surface area contributed by atoms with Crippen LogP contribution in [0.1, 0.15) is 38.5 Å². The molecule has 0 radical (unpaired) electrons. The Morgan fingerprint density at radius 3 is 2.60 bits per heavy atom. The fraction of sp³-hybridized carbons (Fsp3) is 0.625. The van der Waals surface area contributed by atoms with Crippen molar-refractivity contribution in [1.29, 1.82) is 0 Å². The van der Waals surface area contributed by atoms with E-state index in [9.17, 15) is 9.59 Å². The van der Waals surface area contributed by atoms with Gasteiger partial charge in [-0.05, 0) is 57.5 Å². The standard InChI is InChI=1S/C16H24N2O2/c19-14-7-8-16(20)15(13-14)17-9-3-1-4-10-18-11-5-2-6-12-18/h7-8,13,17H,1-6,9-12H2. The van der Waals surface area contributed by atoms with Crippen LogP contribution in [-0.2, 0) is 9.59 Å². The molecule has 1 fully saturated rings. The summed E-state index contributed by atoms with van der Waals surface area (Å²) in [4.78, 5) is 25.2. The van der Waals surface area contributed by atoms with Gasteiger partial charge in [0.05, 0.1) is 5.70 Å². The van der Waals surface area contributed by atoms with E-state index >= 15 is 0 Å². The lowest BCUT2D eigenvalue weighted by Gasteiger charge is -2.26. The Hall–Kier alpha value is -1.42. The number of piperidine rings is 1. The summed E-state index contributed by atoms with van der Waals surface area (Å²) < 4.78 is 0. The van der Waals surface area contributed by atoms with Gasteiger partial charge in [-0.2, -0.15) is 0 Å². The molecule has 0 bridgehead atoms. The van der Waals surface area contributed by atoms with E-state index in [4.69, 9.17) is 0 Å². The van der Waals surface area contributed by atoms with E-state index in [1.54, 1.807) is 0 Å². The van der Waals surface area contributed by atoms with E-state index in [0.29, 0.717) is 5.70 Å². The number of carbonyl (C=O) groups is 2. The Morgan fingerprint density at radius 1 is 1.00 bits per heavy atom. The molecule has 1 N–H and O–H groups in total. The van der Waals surface area contributed by atoms with Crippen LogP contribution in [0.15, 0.2) is 23.9 Å². The molecular formula is C16H24N2O2. The van der Waals surface area contributed by atoms with Crippen molar-refractivity contribution in [3.63, 3.8) is 0 Å². The SMILES string of the molecule is O=C1C=CC(=O)C(NCCCCCN2CCCCC2)=C1. The number of allylic oxidation sites excluding steroid dienone is 3. The number of nitrogens with one attached hydrogen (secondary N) is 1. The number of hydrogen-bond donors (Lipinski definition) is 1. The topological polar surface area (TPSA) is 49.4 Å². The number of hydrogen-bond acceptors (Lipinski definition) is 4. The third kappa shape index (κ3) is 4.93. The van der Waals surface area contributed by atoms with Gasteiger partial charge in [0.1, 0.15) is 0 Å². The molecule has 0 aromatic rings. The van der Waals surface area contributed by atoms with Crippen molar-refractivity contribution < 1.29 is 9.59 Å². The van der Waals surface area contributed by atoms with Gasteiger partial charge in [-0.25, -0.2) is 0 Å². The van der Waals surface area contributed by atoms with Crippen LogP contribution < -0.4 is 5.32 Å². The predicted molar refractivity (Wildman–Crippen MR) is 79.4 cm³/mol. The molecular weight excluding hydrogens is 252 g/mol. The number of carbonyl (C=O) groups excluding carboxylic acids is 2. The maximum absolute atomic E-state index is 11.5. The summed E-state index contributed by atoms with van der Waals surface area (Å²) >= 11 is 0. The largest absolute Gasteiger partial charge is 0.382 e. The lowest BCUT2D eigenvalue weighted by atomic mass is 10.1. The van der Waals surface area contributed by atoms with E-state index in [-0.39, 0.29) is 11.6 Å². The van der Waals surface area contributed by atoms with Crippen molar-refractivity contribution in [2.45, 2.75) is 38.5 Å². The van der Waals surface area contributed by atoms with Crippen LogP contribution >= 0.6 is 0 Å².